The van der Waals surface area contributed by atoms with Gasteiger partial charge in [0.15, 0.2) is 0 Å². The third-order valence-electron chi connectivity index (χ3n) is 4.97. The molecule has 1 aliphatic rings. The lowest BCUT2D eigenvalue weighted by Crippen LogP contribution is -2.41. The second kappa shape index (κ2) is 7.14. The van der Waals surface area contributed by atoms with Gasteiger partial charge in [-0.05, 0) is 34.2 Å². The van der Waals surface area contributed by atoms with E-state index >= 15 is 0 Å². The van der Waals surface area contributed by atoms with E-state index in [0.29, 0.717) is 6.42 Å². The van der Waals surface area contributed by atoms with Crippen LogP contribution >= 0.6 is 0 Å². The zero-order valence-corrected chi connectivity index (χ0v) is 14.7. The molecule has 3 nitrogen and oxygen atoms in total. The van der Waals surface area contributed by atoms with Crippen molar-refractivity contribution in [3.05, 3.63) is 95.6 Å². The van der Waals surface area contributed by atoms with Crippen LogP contribution in [0.15, 0.2) is 78.9 Å². The summed E-state index contributed by atoms with van der Waals surface area (Å²) in [5, 5.41) is 3.55. The van der Waals surface area contributed by atoms with E-state index in [1.54, 1.807) is 0 Å². The van der Waals surface area contributed by atoms with Crippen LogP contribution < -0.4 is 5.32 Å². The number of benzene rings is 3. The first-order chi connectivity index (χ1) is 12.8. The molecule has 4 rings (SSSR count). The van der Waals surface area contributed by atoms with Crippen molar-refractivity contribution < 1.29 is 9.53 Å². The Bertz CT molecular complexity index is 875. The van der Waals surface area contributed by atoms with Gasteiger partial charge in [-0.3, -0.25) is 10.1 Å². The summed E-state index contributed by atoms with van der Waals surface area (Å²) in [7, 11) is 1.44. The molecule has 0 aliphatic heterocycles. The largest absolute Gasteiger partial charge is 0.468 e. The average Bonchev–Trinajstić information content (AvgIpc) is 3.02. The zero-order valence-electron chi connectivity index (χ0n) is 14.7. The highest BCUT2D eigenvalue weighted by molar-refractivity contribution is 5.80. The monoisotopic (exact) mass is 343 g/mol. The van der Waals surface area contributed by atoms with Crippen LogP contribution in [-0.4, -0.2) is 19.1 Å². The van der Waals surface area contributed by atoms with Gasteiger partial charge < -0.3 is 4.74 Å². The molecule has 1 unspecified atom stereocenters. The summed E-state index contributed by atoms with van der Waals surface area (Å²) in [6, 6.07) is 26.3. The third-order valence-corrected chi connectivity index (χ3v) is 4.97. The molecule has 1 N–H and O–H groups in total. The summed E-state index contributed by atoms with van der Waals surface area (Å²) in [4.78, 5) is 12.4. The van der Waals surface area contributed by atoms with Crippen molar-refractivity contribution in [2.75, 3.05) is 7.11 Å². The maximum Gasteiger partial charge on any atom is 0.323 e. The van der Waals surface area contributed by atoms with Gasteiger partial charge in [0, 0.05) is 0 Å². The SMILES string of the molecule is COC(=O)C(Cc1ccccc1)NC1c2ccccc2-c2ccccc21. The smallest absolute Gasteiger partial charge is 0.323 e. The van der Waals surface area contributed by atoms with E-state index < -0.39 is 6.04 Å². The number of methoxy groups -OCH3 is 1. The lowest BCUT2D eigenvalue weighted by Gasteiger charge is -2.23. The molecule has 1 aliphatic carbocycles. The van der Waals surface area contributed by atoms with Crippen LogP contribution in [0.5, 0.6) is 0 Å². The van der Waals surface area contributed by atoms with Crippen LogP contribution in [0.1, 0.15) is 22.7 Å². The Labute approximate surface area is 153 Å². The van der Waals surface area contributed by atoms with Crippen LogP contribution in [0.25, 0.3) is 11.1 Å². The van der Waals surface area contributed by atoms with Crippen molar-refractivity contribution in [2.24, 2.45) is 0 Å². The molecule has 0 saturated heterocycles. The van der Waals surface area contributed by atoms with E-state index in [4.69, 9.17) is 4.74 Å². The Morgan fingerprint density at radius 1 is 0.885 bits per heavy atom. The Kier molecular flexibility index (Phi) is 4.55. The minimum Gasteiger partial charge on any atom is -0.468 e. The molecule has 0 bridgehead atoms. The van der Waals surface area contributed by atoms with Crippen LogP contribution in [-0.2, 0) is 16.0 Å². The average molecular weight is 343 g/mol. The maximum absolute atomic E-state index is 12.4. The van der Waals surface area contributed by atoms with Gasteiger partial charge in [-0.15, -0.1) is 0 Å². The van der Waals surface area contributed by atoms with Crippen molar-refractivity contribution >= 4 is 5.97 Å². The fourth-order valence-electron chi connectivity index (χ4n) is 3.74. The first-order valence-corrected chi connectivity index (χ1v) is 8.84. The van der Waals surface area contributed by atoms with Crippen LogP contribution in [0.3, 0.4) is 0 Å². The topological polar surface area (TPSA) is 38.3 Å². The number of rotatable bonds is 5. The summed E-state index contributed by atoms with van der Waals surface area (Å²) in [5.74, 6) is -0.240. The Morgan fingerprint density at radius 3 is 2.00 bits per heavy atom. The molecule has 0 saturated carbocycles. The highest BCUT2D eigenvalue weighted by atomic mass is 16.5. The van der Waals surface area contributed by atoms with Gasteiger partial charge in [-0.1, -0.05) is 78.9 Å². The van der Waals surface area contributed by atoms with Gasteiger partial charge in [0.2, 0.25) is 0 Å². The number of esters is 1. The lowest BCUT2D eigenvalue weighted by atomic mass is 10.0. The standard InChI is InChI=1S/C23H21NO2/c1-26-23(25)21(15-16-9-3-2-4-10-16)24-22-19-13-7-5-11-17(19)18-12-6-8-14-20(18)22/h2-14,21-22,24H,15H2,1H3. The Morgan fingerprint density at radius 2 is 1.42 bits per heavy atom. The number of carbonyl (C=O) groups is 1. The predicted molar refractivity (Wildman–Crippen MR) is 103 cm³/mol. The predicted octanol–water partition coefficient (Wildman–Crippen LogP) is 4.13. The first kappa shape index (κ1) is 16.6. The maximum atomic E-state index is 12.4. The fourth-order valence-corrected chi connectivity index (χ4v) is 3.74. The van der Waals surface area contributed by atoms with E-state index in [0.717, 1.165) is 5.56 Å². The van der Waals surface area contributed by atoms with Gasteiger partial charge in [-0.25, -0.2) is 0 Å². The van der Waals surface area contributed by atoms with E-state index in [2.05, 4.69) is 41.7 Å². The number of nitrogens with one attached hydrogen (secondary N) is 1. The molecule has 26 heavy (non-hydrogen) atoms. The minimum atomic E-state index is -0.411. The number of hydrogen-bond acceptors (Lipinski definition) is 3. The molecule has 3 aromatic carbocycles. The quantitative estimate of drug-likeness (QED) is 0.708. The first-order valence-electron chi connectivity index (χ1n) is 8.84. The van der Waals surface area contributed by atoms with Gasteiger partial charge in [0.05, 0.1) is 13.2 Å². The van der Waals surface area contributed by atoms with Crippen molar-refractivity contribution in [3.63, 3.8) is 0 Å². The third kappa shape index (κ3) is 3.02. The summed E-state index contributed by atoms with van der Waals surface area (Å²) in [5.41, 5.74) is 5.97. The number of fused-ring (bicyclic) bond motifs is 3. The molecule has 3 aromatic rings. The Balaban J connectivity index is 1.68. The van der Waals surface area contributed by atoms with Crippen molar-refractivity contribution in [1.29, 1.82) is 0 Å². The summed E-state index contributed by atoms with van der Waals surface area (Å²) in [6.07, 6.45) is 0.592. The number of carbonyl (C=O) groups excluding carboxylic acids is 1. The molecule has 3 heteroatoms. The van der Waals surface area contributed by atoms with Crippen LogP contribution in [0.4, 0.5) is 0 Å². The van der Waals surface area contributed by atoms with Gasteiger partial charge >= 0.3 is 5.97 Å². The van der Waals surface area contributed by atoms with Gasteiger partial charge in [-0.2, -0.15) is 0 Å². The molecule has 0 radical (unpaired) electrons. The molecule has 1 atom stereocenters. The molecule has 0 fully saturated rings. The van der Waals surface area contributed by atoms with E-state index in [1.165, 1.54) is 29.4 Å². The fraction of sp³-hybridized carbons (Fsp3) is 0.174. The highest BCUT2D eigenvalue weighted by Gasteiger charge is 2.32. The lowest BCUT2D eigenvalue weighted by molar-refractivity contribution is -0.143. The van der Waals surface area contributed by atoms with Crippen molar-refractivity contribution in [1.82, 2.24) is 5.32 Å². The van der Waals surface area contributed by atoms with Crippen LogP contribution in [0.2, 0.25) is 0 Å². The van der Waals surface area contributed by atoms with E-state index in [1.807, 2.05) is 42.5 Å². The minimum absolute atomic E-state index is 0.0183. The molecule has 0 amide bonds. The van der Waals surface area contributed by atoms with Gasteiger partial charge in [0.25, 0.3) is 0 Å². The number of hydrogen-bond donors (Lipinski definition) is 1. The highest BCUT2D eigenvalue weighted by Crippen LogP contribution is 2.43. The normalized spacial score (nSPS) is 13.7. The summed E-state index contributed by atoms with van der Waals surface area (Å²) < 4.78 is 5.07. The number of ether oxygens (including phenoxy) is 1. The second-order valence-electron chi connectivity index (χ2n) is 6.54. The molecule has 130 valence electrons. The van der Waals surface area contributed by atoms with Crippen molar-refractivity contribution in [2.45, 2.75) is 18.5 Å². The molecule has 0 heterocycles. The van der Waals surface area contributed by atoms with Crippen molar-refractivity contribution in [3.8, 4) is 11.1 Å². The molecular weight excluding hydrogens is 322 g/mol. The summed E-state index contributed by atoms with van der Waals surface area (Å²) >= 11 is 0. The zero-order chi connectivity index (χ0) is 17.9. The van der Waals surface area contributed by atoms with Gasteiger partial charge in [0.1, 0.15) is 6.04 Å². The second-order valence-corrected chi connectivity index (χ2v) is 6.54. The van der Waals surface area contributed by atoms with E-state index in [9.17, 15) is 4.79 Å². The molecular formula is C23H21NO2. The van der Waals surface area contributed by atoms with E-state index in [-0.39, 0.29) is 12.0 Å². The summed E-state index contributed by atoms with van der Waals surface area (Å²) in [6.45, 7) is 0. The molecule has 0 spiro atoms. The molecule has 0 aromatic heterocycles. The van der Waals surface area contributed by atoms with Crippen LogP contribution in [0, 0.1) is 0 Å². The Hall–Kier alpha value is -2.91.